The molecule has 0 amide bonds. The number of aromatic nitrogens is 3. The Morgan fingerprint density at radius 1 is 1.22 bits per heavy atom. The predicted molar refractivity (Wildman–Crippen MR) is 57.1 cm³/mol. The minimum absolute atomic E-state index is 0.0499. The van der Waals surface area contributed by atoms with Crippen LogP contribution in [0.2, 0.25) is 0 Å². The largest absolute Gasteiger partial charge is 0.436 e. The highest BCUT2D eigenvalue weighted by Crippen LogP contribution is 2.30. The van der Waals surface area contributed by atoms with Gasteiger partial charge < -0.3 is 4.42 Å². The number of oxazole rings is 1. The van der Waals surface area contributed by atoms with Gasteiger partial charge in [-0.3, -0.25) is 0 Å². The summed E-state index contributed by atoms with van der Waals surface area (Å²) >= 11 is 0.853. The molecule has 4 nitrogen and oxygen atoms in total. The standard InChI is InChI=1S/C10H8F3N3OS/c1-5-6(2)17-9(15-5)18-8-14-4-3-7(16-8)10(11,12)13/h3-4H,1-2H3. The van der Waals surface area contributed by atoms with Gasteiger partial charge in [0.25, 0.3) is 5.22 Å². The number of halogens is 3. The molecule has 0 aliphatic heterocycles. The first-order chi connectivity index (χ1) is 8.36. The van der Waals surface area contributed by atoms with Gasteiger partial charge in [-0.15, -0.1) is 0 Å². The van der Waals surface area contributed by atoms with Crippen molar-refractivity contribution in [3.05, 3.63) is 29.4 Å². The first-order valence-corrected chi connectivity index (χ1v) is 5.70. The van der Waals surface area contributed by atoms with E-state index in [4.69, 9.17) is 4.42 Å². The summed E-state index contributed by atoms with van der Waals surface area (Å²) in [7, 11) is 0. The Labute approximate surface area is 105 Å². The minimum atomic E-state index is -4.49. The van der Waals surface area contributed by atoms with Crippen molar-refractivity contribution in [1.82, 2.24) is 15.0 Å². The zero-order valence-corrected chi connectivity index (χ0v) is 10.3. The first-order valence-electron chi connectivity index (χ1n) is 4.88. The molecule has 0 spiro atoms. The number of rotatable bonds is 2. The van der Waals surface area contributed by atoms with Gasteiger partial charge in [0.05, 0.1) is 5.69 Å². The van der Waals surface area contributed by atoms with E-state index >= 15 is 0 Å². The highest BCUT2D eigenvalue weighted by Gasteiger charge is 2.32. The average Bonchev–Trinajstić information content (AvgIpc) is 2.57. The van der Waals surface area contributed by atoms with Gasteiger partial charge in [0.2, 0.25) is 0 Å². The Kier molecular flexibility index (Phi) is 3.29. The van der Waals surface area contributed by atoms with Crippen LogP contribution in [0.5, 0.6) is 0 Å². The fourth-order valence-electron chi connectivity index (χ4n) is 1.11. The van der Waals surface area contributed by atoms with Gasteiger partial charge in [-0.2, -0.15) is 13.2 Å². The summed E-state index contributed by atoms with van der Waals surface area (Å²) in [6.07, 6.45) is -3.43. The van der Waals surface area contributed by atoms with Crippen molar-refractivity contribution in [2.45, 2.75) is 30.4 Å². The average molecular weight is 275 g/mol. The fraction of sp³-hybridized carbons (Fsp3) is 0.300. The Balaban J connectivity index is 2.24. The number of nitrogens with zero attached hydrogens (tertiary/aromatic N) is 3. The summed E-state index contributed by atoms with van der Waals surface area (Å²) in [4.78, 5) is 11.2. The molecule has 0 bridgehead atoms. The van der Waals surface area contributed by atoms with E-state index in [1.54, 1.807) is 13.8 Å². The third-order valence-electron chi connectivity index (χ3n) is 2.11. The van der Waals surface area contributed by atoms with Crippen LogP contribution in [0, 0.1) is 13.8 Å². The molecule has 0 radical (unpaired) electrons. The molecule has 18 heavy (non-hydrogen) atoms. The minimum Gasteiger partial charge on any atom is -0.436 e. The molecule has 0 saturated carbocycles. The van der Waals surface area contributed by atoms with E-state index in [9.17, 15) is 13.2 Å². The van der Waals surface area contributed by atoms with Gasteiger partial charge in [0, 0.05) is 18.0 Å². The first kappa shape index (κ1) is 12.9. The summed E-state index contributed by atoms with van der Waals surface area (Å²) in [5.74, 6) is 0.615. The van der Waals surface area contributed by atoms with Gasteiger partial charge in [-0.25, -0.2) is 15.0 Å². The molecular weight excluding hydrogens is 267 g/mol. The number of alkyl halides is 3. The number of hydrogen-bond donors (Lipinski definition) is 0. The van der Waals surface area contributed by atoms with E-state index in [1.807, 2.05) is 0 Å². The van der Waals surface area contributed by atoms with Crippen LogP contribution in [0.15, 0.2) is 27.1 Å². The van der Waals surface area contributed by atoms with E-state index in [1.165, 1.54) is 0 Å². The summed E-state index contributed by atoms with van der Waals surface area (Å²) in [5.41, 5.74) is -0.301. The molecule has 0 aliphatic carbocycles. The maximum atomic E-state index is 12.4. The fourth-order valence-corrected chi connectivity index (χ4v) is 1.88. The Morgan fingerprint density at radius 2 is 1.94 bits per heavy atom. The lowest BCUT2D eigenvalue weighted by Gasteiger charge is -2.05. The molecule has 2 heterocycles. The normalized spacial score (nSPS) is 11.8. The van der Waals surface area contributed by atoms with Gasteiger partial charge >= 0.3 is 6.18 Å². The Hall–Kier alpha value is -1.57. The molecular formula is C10H8F3N3OS. The summed E-state index contributed by atoms with van der Waals surface area (Å²) in [6.45, 7) is 3.47. The topological polar surface area (TPSA) is 51.8 Å². The van der Waals surface area contributed by atoms with Crippen LogP contribution in [0.3, 0.4) is 0 Å². The molecule has 2 rings (SSSR count). The smallest absolute Gasteiger partial charge is 0.433 e. The lowest BCUT2D eigenvalue weighted by atomic mass is 10.4. The summed E-state index contributed by atoms with van der Waals surface area (Å²) in [6, 6.07) is 0.816. The molecule has 0 saturated heterocycles. The maximum absolute atomic E-state index is 12.4. The molecule has 0 aliphatic rings. The van der Waals surface area contributed by atoms with Crippen molar-refractivity contribution in [2.75, 3.05) is 0 Å². The highest BCUT2D eigenvalue weighted by atomic mass is 32.2. The Morgan fingerprint density at radius 3 is 2.50 bits per heavy atom. The SMILES string of the molecule is Cc1nc(Sc2nccc(C(F)(F)F)n2)oc1C. The van der Waals surface area contributed by atoms with Crippen molar-refractivity contribution < 1.29 is 17.6 Å². The molecule has 0 aromatic carbocycles. The van der Waals surface area contributed by atoms with Crippen molar-refractivity contribution in [3.63, 3.8) is 0 Å². The predicted octanol–water partition coefficient (Wildman–Crippen LogP) is 3.25. The van der Waals surface area contributed by atoms with Gasteiger partial charge in [-0.05, 0) is 19.9 Å². The van der Waals surface area contributed by atoms with Crippen LogP contribution >= 0.6 is 11.8 Å². The van der Waals surface area contributed by atoms with E-state index in [-0.39, 0.29) is 10.4 Å². The maximum Gasteiger partial charge on any atom is 0.433 e. The van der Waals surface area contributed by atoms with Crippen LogP contribution < -0.4 is 0 Å². The monoisotopic (exact) mass is 275 g/mol. The van der Waals surface area contributed by atoms with Crippen LogP contribution in [0.4, 0.5) is 13.2 Å². The molecule has 0 unspecified atom stereocenters. The van der Waals surface area contributed by atoms with Crippen molar-refractivity contribution in [3.8, 4) is 0 Å². The van der Waals surface area contributed by atoms with Crippen LogP contribution in [0.25, 0.3) is 0 Å². The highest BCUT2D eigenvalue weighted by molar-refractivity contribution is 7.98. The van der Waals surface area contributed by atoms with Crippen molar-refractivity contribution in [2.24, 2.45) is 0 Å². The lowest BCUT2D eigenvalue weighted by Crippen LogP contribution is -2.08. The molecule has 2 aromatic rings. The van der Waals surface area contributed by atoms with E-state index in [0.29, 0.717) is 11.5 Å². The quantitative estimate of drug-likeness (QED) is 0.787. The number of aryl methyl sites for hydroxylation is 2. The molecule has 0 atom stereocenters. The van der Waals surface area contributed by atoms with Crippen LogP contribution in [-0.4, -0.2) is 15.0 Å². The summed E-state index contributed by atoms with van der Waals surface area (Å²) < 4.78 is 42.5. The third-order valence-corrected chi connectivity index (χ3v) is 2.84. The molecule has 96 valence electrons. The van der Waals surface area contributed by atoms with Gasteiger partial charge in [-0.1, -0.05) is 0 Å². The van der Waals surface area contributed by atoms with Crippen LogP contribution in [0.1, 0.15) is 17.1 Å². The van der Waals surface area contributed by atoms with Crippen molar-refractivity contribution >= 4 is 11.8 Å². The third kappa shape index (κ3) is 2.81. The lowest BCUT2D eigenvalue weighted by molar-refractivity contribution is -0.141. The second-order valence-electron chi connectivity index (χ2n) is 3.45. The number of hydrogen-bond acceptors (Lipinski definition) is 5. The second kappa shape index (κ2) is 4.60. The second-order valence-corrected chi connectivity index (χ2v) is 4.36. The zero-order valence-electron chi connectivity index (χ0n) is 9.45. The van der Waals surface area contributed by atoms with E-state index < -0.39 is 11.9 Å². The molecule has 0 fully saturated rings. The zero-order chi connectivity index (χ0) is 13.3. The van der Waals surface area contributed by atoms with Gasteiger partial charge in [0.1, 0.15) is 11.5 Å². The van der Waals surface area contributed by atoms with Gasteiger partial charge in [0.15, 0.2) is 5.16 Å². The van der Waals surface area contributed by atoms with Crippen LogP contribution in [-0.2, 0) is 6.18 Å². The molecule has 2 aromatic heterocycles. The molecule has 0 N–H and O–H groups in total. The van der Waals surface area contributed by atoms with E-state index in [0.717, 1.165) is 24.0 Å². The molecule has 8 heteroatoms. The Bertz CT molecular complexity index is 548. The van der Waals surface area contributed by atoms with E-state index in [2.05, 4.69) is 15.0 Å². The summed E-state index contributed by atoms with van der Waals surface area (Å²) in [5, 5.41) is 0.176. The van der Waals surface area contributed by atoms with Crippen molar-refractivity contribution in [1.29, 1.82) is 0 Å².